The van der Waals surface area contributed by atoms with Crippen LogP contribution in [0.1, 0.15) is 86.6 Å². The molecule has 2 aromatic carbocycles. The average Bonchev–Trinajstić information content (AvgIpc) is 3.99. The molecule has 2 aromatic rings. The molecule has 12 heteroatoms. The van der Waals surface area contributed by atoms with E-state index in [-0.39, 0.29) is 28.9 Å². The zero-order chi connectivity index (χ0) is 38.2. The summed E-state index contributed by atoms with van der Waals surface area (Å²) in [5, 5.41) is 17.0. The maximum atomic E-state index is 14.9. The van der Waals surface area contributed by atoms with E-state index in [9.17, 15) is 23.7 Å². The van der Waals surface area contributed by atoms with E-state index in [1.54, 1.807) is 22.7 Å². The van der Waals surface area contributed by atoms with Gasteiger partial charge in [-0.1, -0.05) is 95.3 Å². The molecule has 2 saturated carbocycles. The Morgan fingerprint density at radius 1 is 1.00 bits per heavy atom. The van der Waals surface area contributed by atoms with Crippen LogP contribution in [0, 0.1) is 11.3 Å². The van der Waals surface area contributed by atoms with Crippen molar-refractivity contribution >= 4 is 40.5 Å². The summed E-state index contributed by atoms with van der Waals surface area (Å²) in [4.78, 5) is 44.8. The number of nitrogens with one attached hydrogen (secondary N) is 3. The quantitative estimate of drug-likeness (QED) is 0.149. The van der Waals surface area contributed by atoms with Gasteiger partial charge in [-0.15, -0.1) is 18.3 Å². The molecule has 284 valence electrons. The second-order valence-electron chi connectivity index (χ2n) is 16.8. The van der Waals surface area contributed by atoms with Crippen LogP contribution >= 0.6 is 11.8 Å². The molecule has 0 aromatic heterocycles. The Hall–Kier alpha value is -3.03. The molecule has 3 amide bonds. The summed E-state index contributed by atoms with van der Waals surface area (Å²) in [7, 11) is -1.53. The molecule has 0 bridgehead atoms. The first-order valence-electron chi connectivity index (χ1n) is 18.2. The van der Waals surface area contributed by atoms with Crippen molar-refractivity contribution in [2.24, 2.45) is 11.3 Å². The van der Waals surface area contributed by atoms with Crippen molar-refractivity contribution in [3.63, 3.8) is 0 Å². The maximum absolute atomic E-state index is 14.9. The minimum atomic E-state index is -1.53. The van der Waals surface area contributed by atoms with Gasteiger partial charge in [0.05, 0.1) is 21.6 Å². The fourth-order valence-corrected chi connectivity index (χ4v) is 9.74. The number of carbonyl (C=O) groups excluding carboxylic acids is 3. The first kappa shape index (κ1) is 40.2. The van der Waals surface area contributed by atoms with Crippen LogP contribution in [-0.4, -0.2) is 78.6 Å². The molecule has 10 nitrogen and oxygen atoms in total. The summed E-state index contributed by atoms with van der Waals surface area (Å²) in [6.45, 7) is 19.4. The Labute approximate surface area is 315 Å². The number of benzene rings is 2. The van der Waals surface area contributed by atoms with Gasteiger partial charge in [0.1, 0.15) is 22.6 Å². The van der Waals surface area contributed by atoms with E-state index < -0.39 is 62.6 Å². The number of hydrogen-bond acceptors (Lipinski definition) is 8. The van der Waals surface area contributed by atoms with Gasteiger partial charge in [0.2, 0.25) is 18.2 Å². The Kier molecular flexibility index (Phi) is 11.9. The number of hydrogen-bond donors (Lipinski definition) is 4. The molecule has 3 aliphatic rings. The number of nitrogens with zero attached hydrogens (tertiary/aromatic N) is 1. The lowest BCUT2D eigenvalue weighted by atomic mass is 9.85. The summed E-state index contributed by atoms with van der Waals surface area (Å²) in [5.41, 5.74) is 0.449. The molecule has 3 fully saturated rings. The van der Waals surface area contributed by atoms with E-state index in [1.165, 1.54) is 0 Å². The molecule has 1 saturated heterocycles. The second-order valence-corrected chi connectivity index (χ2v) is 20.2. The molecule has 2 unspecified atom stereocenters. The van der Waals surface area contributed by atoms with Gasteiger partial charge in [-0.25, -0.2) is 4.21 Å². The summed E-state index contributed by atoms with van der Waals surface area (Å²) in [5.74, 6) is -1.66. The Bertz CT molecular complexity index is 1650. The lowest BCUT2D eigenvalue weighted by Crippen LogP contribution is -2.61. The van der Waals surface area contributed by atoms with Crippen LogP contribution in [0.5, 0.6) is 0 Å². The number of rotatable bonds is 14. The summed E-state index contributed by atoms with van der Waals surface area (Å²) in [6.07, 6.45) is 2.39. The van der Waals surface area contributed by atoms with Crippen LogP contribution in [0.25, 0.3) is 11.1 Å². The molecule has 1 heterocycles. The number of likely N-dealkylation sites (tertiary alicyclic amines) is 1. The number of amides is 3. The predicted molar refractivity (Wildman–Crippen MR) is 208 cm³/mol. The van der Waals surface area contributed by atoms with Crippen molar-refractivity contribution in [2.45, 2.75) is 126 Å². The lowest BCUT2D eigenvalue weighted by Gasteiger charge is -2.38. The molecule has 0 spiro atoms. The monoisotopic (exact) mass is 752 g/mol. The van der Waals surface area contributed by atoms with Crippen molar-refractivity contribution in [1.29, 1.82) is 0 Å². The highest BCUT2D eigenvalue weighted by Crippen LogP contribution is 2.51. The fraction of sp³-hybridized carbons (Fsp3) is 0.575. The van der Waals surface area contributed by atoms with E-state index in [4.69, 9.17) is 4.74 Å². The van der Waals surface area contributed by atoms with Gasteiger partial charge >= 0.3 is 0 Å². The molecule has 4 N–H and O–H groups in total. The van der Waals surface area contributed by atoms with Crippen LogP contribution in [-0.2, 0) is 34.9 Å². The van der Waals surface area contributed by atoms with Gasteiger partial charge in [-0.3, -0.25) is 24.4 Å². The topological polar surface area (TPSA) is 137 Å². The highest BCUT2D eigenvalue weighted by molar-refractivity contribution is 8.00. The van der Waals surface area contributed by atoms with Gasteiger partial charge in [-0.05, 0) is 73.8 Å². The average molecular weight is 753 g/mol. The standard InChI is InChI=1S/C40H56N4O6S2/c1-10-28-22-40(28,35(47)43-52(49)30-20-21-30)42-33(45)31-23-39(51-25(2)3,29-18-16-27(17-19-29)26-14-12-11-13-15-26)24-44(31)34(46)32(37(4,5)6)41-36(48)50-38(7,8)9/h10-19,25,28,30-32,36,41,48H,1,20-24H2,2-9H3,(H,42,45)(H,43,47)/t28-,31+,32-,36?,39+,40-,52?/m1/s1. The molecular weight excluding hydrogens is 697 g/mol. The Balaban J connectivity index is 1.52. The van der Waals surface area contributed by atoms with Crippen molar-refractivity contribution in [1.82, 2.24) is 20.3 Å². The van der Waals surface area contributed by atoms with Gasteiger partial charge in [-0.2, -0.15) is 0 Å². The van der Waals surface area contributed by atoms with Crippen LogP contribution in [0.4, 0.5) is 0 Å². The molecule has 1 aliphatic heterocycles. The van der Waals surface area contributed by atoms with E-state index in [2.05, 4.69) is 72.2 Å². The van der Waals surface area contributed by atoms with E-state index in [0.717, 1.165) is 29.5 Å². The molecule has 5 rings (SSSR count). The van der Waals surface area contributed by atoms with Crippen molar-refractivity contribution < 1.29 is 28.4 Å². The van der Waals surface area contributed by atoms with Crippen molar-refractivity contribution in [2.75, 3.05) is 6.54 Å². The maximum Gasteiger partial charge on any atom is 0.258 e. The highest BCUT2D eigenvalue weighted by atomic mass is 32.2. The zero-order valence-electron chi connectivity index (χ0n) is 31.7. The van der Waals surface area contributed by atoms with Crippen molar-refractivity contribution in [3.05, 3.63) is 72.8 Å². The summed E-state index contributed by atoms with van der Waals surface area (Å²) in [6, 6.07) is 16.5. The number of aliphatic hydroxyl groups is 1. The van der Waals surface area contributed by atoms with E-state index >= 15 is 0 Å². The first-order valence-corrected chi connectivity index (χ1v) is 20.3. The van der Waals surface area contributed by atoms with Gasteiger partial charge < -0.3 is 20.1 Å². The zero-order valence-corrected chi connectivity index (χ0v) is 33.4. The lowest BCUT2D eigenvalue weighted by molar-refractivity contribution is -0.192. The fourth-order valence-electron chi connectivity index (χ4n) is 7.00. The first-order chi connectivity index (χ1) is 24.3. The van der Waals surface area contributed by atoms with Crippen LogP contribution in [0.2, 0.25) is 0 Å². The van der Waals surface area contributed by atoms with Crippen LogP contribution < -0.4 is 15.4 Å². The SMILES string of the molecule is C=C[C@@H]1C[C@]1(NC(=O)[C@@H]1C[C@@](SC(C)C)(c2ccc(-c3ccccc3)cc2)CN1C(=O)[C@@H](NC(O)OC(C)(C)C)C(C)(C)C)C(=O)NS(=O)C1CC1. The molecule has 52 heavy (non-hydrogen) atoms. The summed E-state index contributed by atoms with van der Waals surface area (Å²) < 4.78 is 20.4. The van der Waals surface area contributed by atoms with E-state index in [0.29, 0.717) is 12.8 Å². The number of aliphatic hydroxyl groups excluding tert-OH is 1. The molecule has 7 atom stereocenters. The normalized spacial score (nSPS) is 26.4. The third kappa shape index (κ3) is 9.18. The summed E-state index contributed by atoms with van der Waals surface area (Å²) >= 11 is 1.71. The Morgan fingerprint density at radius 3 is 2.13 bits per heavy atom. The minimum absolute atomic E-state index is 0.0676. The third-order valence-corrected chi connectivity index (χ3v) is 12.8. The molecule has 0 radical (unpaired) electrons. The molecular formula is C40H56N4O6S2. The van der Waals surface area contributed by atoms with Gasteiger partial charge in [0.25, 0.3) is 5.91 Å². The van der Waals surface area contributed by atoms with Crippen LogP contribution in [0.3, 0.4) is 0 Å². The molecule has 2 aliphatic carbocycles. The Morgan fingerprint density at radius 2 is 1.62 bits per heavy atom. The number of ether oxygens (including phenoxy) is 1. The van der Waals surface area contributed by atoms with Gasteiger partial charge in [0.15, 0.2) is 0 Å². The minimum Gasteiger partial charge on any atom is -0.356 e. The van der Waals surface area contributed by atoms with Crippen LogP contribution in [0.15, 0.2) is 67.3 Å². The predicted octanol–water partition coefficient (Wildman–Crippen LogP) is 5.39. The second kappa shape index (κ2) is 15.4. The van der Waals surface area contributed by atoms with Gasteiger partial charge in [0, 0.05) is 12.5 Å². The third-order valence-electron chi connectivity index (χ3n) is 9.85. The van der Waals surface area contributed by atoms with Crippen molar-refractivity contribution in [3.8, 4) is 11.1 Å². The smallest absolute Gasteiger partial charge is 0.258 e. The number of thioether (sulfide) groups is 1. The van der Waals surface area contributed by atoms with E-state index in [1.807, 2.05) is 59.7 Å². The largest absolute Gasteiger partial charge is 0.356 e. The highest BCUT2D eigenvalue weighted by Gasteiger charge is 2.62. The number of carbonyl (C=O) groups is 3.